The molecule has 1 amide bonds. The summed E-state index contributed by atoms with van der Waals surface area (Å²) in [5, 5.41) is 0. The number of rotatable bonds is 7. The van der Waals surface area contributed by atoms with Crippen molar-refractivity contribution in [1.29, 1.82) is 0 Å². The minimum Gasteiger partial charge on any atom is -0.368 e. The molecule has 1 atom stereocenters. The SMILES string of the molecule is CCN(CC1CCC1)CC(N)(C(N)=O)c1ccccc1. The zero-order valence-corrected chi connectivity index (χ0v) is 12.2. The van der Waals surface area contributed by atoms with Crippen LogP contribution in [-0.2, 0) is 10.3 Å². The molecule has 1 unspecified atom stereocenters. The summed E-state index contributed by atoms with van der Waals surface area (Å²) in [6, 6.07) is 9.45. The van der Waals surface area contributed by atoms with Crippen molar-refractivity contribution in [3.8, 4) is 0 Å². The van der Waals surface area contributed by atoms with Crippen LogP contribution in [0.15, 0.2) is 30.3 Å². The Balaban J connectivity index is 2.13. The lowest BCUT2D eigenvalue weighted by Gasteiger charge is -2.37. The number of carbonyl (C=O) groups is 1. The molecule has 1 aromatic rings. The summed E-state index contributed by atoms with van der Waals surface area (Å²) in [6.45, 7) is 4.48. The molecular formula is C16H25N3O. The number of carbonyl (C=O) groups excluding carboxylic acids is 1. The topological polar surface area (TPSA) is 72.3 Å². The summed E-state index contributed by atoms with van der Waals surface area (Å²) in [5.41, 5.74) is 11.6. The van der Waals surface area contributed by atoms with Crippen LogP contribution in [0, 0.1) is 5.92 Å². The van der Waals surface area contributed by atoms with E-state index in [1.807, 2.05) is 30.3 Å². The Bertz CT molecular complexity index is 444. The van der Waals surface area contributed by atoms with Gasteiger partial charge in [-0.15, -0.1) is 0 Å². The van der Waals surface area contributed by atoms with E-state index in [2.05, 4.69) is 11.8 Å². The van der Waals surface area contributed by atoms with Gasteiger partial charge >= 0.3 is 0 Å². The van der Waals surface area contributed by atoms with Crippen LogP contribution < -0.4 is 11.5 Å². The van der Waals surface area contributed by atoms with Crippen molar-refractivity contribution >= 4 is 5.91 Å². The lowest BCUT2D eigenvalue weighted by Crippen LogP contribution is -2.57. The van der Waals surface area contributed by atoms with Crippen molar-refractivity contribution in [3.05, 3.63) is 35.9 Å². The molecule has 0 radical (unpaired) electrons. The van der Waals surface area contributed by atoms with Crippen LogP contribution >= 0.6 is 0 Å². The van der Waals surface area contributed by atoms with Crippen molar-refractivity contribution in [2.45, 2.75) is 31.7 Å². The largest absolute Gasteiger partial charge is 0.368 e. The van der Waals surface area contributed by atoms with E-state index in [0.29, 0.717) is 6.54 Å². The van der Waals surface area contributed by atoms with Crippen molar-refractivity contribution in [2.24, 2.45) is 17.4 Å². The molecule has 1 saturated carbocycles. The van der Waals surface area contributed by atoms with E-state index in [1.54, 1.807) is 0 Å². The second kappa shape index (κ2) is 6.37. The monoisotopic (exact) mass is 275 g/mol. The molecule has 0 spiro atoms. The predicted octanol–water partition coefficient (Wildman–Crippen LogP) is 1.45. The van der Waals surface area contributed by atoms with Crippen LogP contribution in [-0.4, -0.2) is 30.4 Å². The summed E-state index contributed by atoms with van der Waals surface area (Å²) in [5.74, 6) is 0.290. The molecule has 0 aromatic heterocycles. The van der Waals surface area contributed by atoms with E-state index >= 15 is 0 Å². The second-order valence-electron chi connectivity index (χ2n) is 5.83. The lowest BCUT2D eigenvalue weighted by atomic mass is 9.84. The van der Waals surface area contributed by atoms with E-state index in [4.69, 9.17) is 11.5 Å². The standard InChI is InChI=1S/C16H25N3O/c1-2-19(11-13-7-6-8-13)12-16(18,15(17)20)14-9-4-3-5-10-14/h3-5,9-10,13H,2,6-8,11-12,18H2,1H3,(H2,17,20). The second-order valence-corrected chi connectivity index (χ2v) is 5.83. The number of primary amides is 1. The molecular weight excluding hydrogens is 250 g/mol. The zero-order valence-electron chi connectivity index (χ0n) is 12.2. The first kappa shape index (κ1) is 15.0. The molecule has 20 heavy (non-hydrogen) atoms. The molecule has 0 aliphatic heterocycles. The van der Waals surface area contributed by atoms with Gasteiger partial charge in [0.05, 0.1) is 0 Å². The summed E-state index contributed by atoms with van der Waals surface area (Å²) >= 11 is 0. The van der Waals surface area contributed by atoms with Crippen molar-refractivity contribution in [1.82, 2.24) is 4.90 Å². The fraction of sp³-hybridized carbons (Fsp3) is 0.562. The molecule has 2 rings (SSSR count). The maximum absolute atomic E-state index is 11.9. The minimum atomic E-state index is -1.11. The molecule has 0 saturated heterocycles. The van der Waals surface area contributed by atoms with Crippen LogP contribution in [0.3, 0.4) is 0 Å². The quantitative estimate of drug-likeness (QED) is 0.791. The van der Waals surface area contributed by atoms with E-state index in [9.17, 15) is 4.79 Å². The molecule has 1 aromatic carbocycles. The highest BCUT2D eigenvalue weighted by molar-refractivity contribution is 5.86. The molecule has 110 valence electrons. The number of benzene rings is 1. The normalized spacial score (nSPS) is 18.6. The molecule has 1 aliphatic carbocycles. The average molecular weight is 275 g/mol. The minimum absolute atomic E-state index is 0.462. The average Bonchev–Trinajstić information content (AvgIpc) is 2.41. The van der Waals surface area contributed by atoms with Crippen molar-refractivity contribution in [3.63, 3.8) is 0 Å². The fourth-order valence-electron chi connectivity index (χ4n) is 2.75. The highest BCUT2D eigenvalue weighted by atomic mass is 16.1. The van der Waals surface area contributed by atoms with Crippen LogP contribution in [0.4, 0.5) is 0 Å². The molecule has 4 heteroatoms. The Morgan fingerprint density at radius 3 is 2.45 bits per heavy atom. The van der Waals surface area contributed by atoms with E-state index < -0.39 is 11.4 Å². The summed E-state index contributed by atoms with van der Waals surface area (Å²) in [7, 11) is 0. The molecule has 1 fully saturated rings. The van der Waals surface area contributed by atoms with E-state index in [0.717, 1.165) is 24.6 Å². The van der Waals surface area contributed by atoms with Gasteiger partial charge in [0.15, 0.2) is 0 Å². The van der Waals surface area contributed by atoms with E-state index in [1.165, 1.54) is 19.3 Å². The van der Waals surface area contributed by atoms with Gasteiger partial charge in [-0.2, -0.15) is 0 Å². The number of nitrogens with two attached hydrogens (primary N) is 2. The number of hydrogen-bond donors (Lipinski definition) is 2. The highest BCUT2D eigenvalue weighted by Gasteiger charge is 2.36. The summed E-state index contributed by atoms with van der Waals surface area (Å²) in [4.78, 5) is 14.2. The Hall–Kier alpha value is -1.39. The fourth-order valence-corrected chi connectivity index (χ4v) is 2.75. The number of hydrogen-bond acceptors (Lipinski definition) is 3. The number of amides is 1. The zero-order chi connectivity index (χ0) is 14.6. The van der Waals surface area contributed by atoms with Gasteiger partial charge in [0.1, 0.15) is 5.54 Å². The Kier molecular flexibility index (Phi) is 4.78. The Morgan fingerprint density at radius 1 is 1.35 bits per heavy atom. The summed E-state index contributed by atoms with van der Waals surface area (Å²) < 4.78 is 0. The molecule has 0 heterocycles. The van der Waals surface area contributed by atoms with Gasteiger partial charge in [-0.25, -0.2) is 0 Å². The first-order valence-corrected chi connectivity index (χ1v) is 7.43. The Labute approximate surface area is 121 Å². The van der Waals surface area contributed by atoms with Gasteiger partial charge in [0.2, 0.25) is 5.91 Å². The third kappa shape index (κ3) is 3.19. The highest BCUT2D eigenvalue weighted by Crippen LogP contribution is 2.28. The number of likely N-dealkylation sites (N-methyl/N-ethyl adjacent to an activating group) is 1. The van der Waals surface area contributed by atoms with Gasteiger partial charge in [0.25, 0.3) is 0 Å². The van der Waals surface area contributed by atoms with E-state index in [-0.39, 0.29) is 0 Å². The van der Waals surface area contributed by atoms with Gasteiger partial charge < -0.3 is 16.4 Å². The van der Waals surface area contributed by atoms with Crippen LogP contribution in [0.5, 0.6) is 0 Å². The first-order valence-electron chi connectivity index (χ1n) is 7.43. The Morgan fingerprint density at radius 2 is 2.00 bits per heavy atom. The van der Waals surface area contributed by atoms with Gasteiger partial charge in [-0.1, -0.05) is 43.7 Å². The molecule has 1 aliphatic rings. The number of nitrogens with zero attached hydrogens (tertiary/aromatic N) is 1. The third-order valence-electron chi connectivity index (χ3n) is 4.39. The molecule has 4 nitrogen and oxygen atoms in total. The first-order chi connectivity index (χ1) is 9.56. The van der Waals surface area contributed by atoms with Crippen LogP contribution in [0.2, 0.25) is 0 Å². The van der Waals surface area contributed by atoms with Gasteiger partial charge in [-0.05, 0) is 30.9 Å². The molecule has 0 bridgehead atoms. The smallest absolute Gasteiger partial charge is 0.243 e. The van der Waals surface area contributed by atoms with Crippen molar-refractivity contribution in [2.75, 3.05) is 19.6 Å². The van der Waals surface area contributed by atoms with Crippen molar-refractivity contribution < 1.29 is 4.79 Å². The lowest BCUT2D eigenvalue weighted by molar-refractivity contribution is -0.124. The maximum Gasteiger partial charge on any atom is 0.243 e. The third-order valence-corrected chi connectivity index (χ3v) is 4.39. The van der Waals surface area contributed by atoms with Gasteiger partial charge in [-0.3, -0.25) is 4.79 Å². The summed E-state index contributed by atoms with van der Waals surface area (Å²) in [6.07, 6.45) is 3.90. The van der Waals surface area contributed by atoms with Crippen LogP contribution in [0.1, 0.15) is 31.7 Å². The molecule has 4 N–H and O–H groups in total. The maximum atomic E-state index is 11.9. The van der Waals surface area contributed by atoms with Gasteiger partial charge in [0, 0.05) is 13.1 Å². The predicted molar refractivity (Wildman–Crippen MR) is 81.0 cm³/mol. The van der Waals surface area contributed by atoms with Crippen LogP contribution in [0.25, 0.3) is 0 Å².